The van der Waals surface area contributed by atoms with Crippen molar-refractivity contribution in [1.82, 2.24) is 5.32 Å². The standard InChI is InChI=1S/C11H18N2O/c1-7(2)11(4)9(10(12)14)8(3)5-6-13-11/h5-7,13H,1-4H3,(H2,12,14). The zero-order valence-electron chi connectivity index (χ0n) is 9.22. The summed E-state index contributed by atoms with van der Waals surface area (Å²) in [6.45, 7) is 8.06. The van der Waals surface area contributed by atoms with Crippen molar-refractivity contribution in [1.29, 1.82) is 0 Å². The van der Waals surface area contributed by atoms with Crippen molar-refractivity contribution in [3.63, 3.8) is 0 Å². The van der Waals surface area contributed by atoms with Crippen LogP contribution in [0.25, 0.3) is 0 Å². The van der Waals surface area contributed by atoms with Gasteiger partial charge in [0.05, 0.1) is 5.54 Å². The maximum Gasteiger partial charge on any atom is 0.247 e. The van der Waals surface area contributed by atoms with Crippen LogP contribution >= 0.6 is 0 Å². The third-order valence-electron chi connectivity index (χ3n) is 3.03. The lowest BCUT2D eigenvalue weighted by Crippen LogP contribution is -2.51. The molecule has 1 heterocycles. The van der Waals surface area contributed by atoms with Crippen LogP contribution in [0.4, 0.5) is 0 Å². The first kappa shape index (κ1) is 10.8. The molecule has 3 N–H and O–H groups in total. The highest BCUT2D eigenvalue weighted by atomic mass is 16.1. The third-order valence-corrected chi connectivity index (χ3v) is 3.03. The lowest BCUT2D eigenvalue weighted by atomic mass is 9.77. The second kappa shape index (κ2) is 3.48. The van der Waals surface area contributed by atoms with Crippen LogP contribution in [0, 0.1) is 5.92 Å². The fourth-order valence-corrected chi connectivity index (χ4v) is 1.81. The Bertz CT molecular complexity index is 315. The number of dihydropyridines is 1. The van der Waals surface area contributed by atoms with Crippen LogP contribution in [0.15, 0.2) is 23.4 Å². The average Bonchev–Trinajstić information content (AvgIpc) is 2.02. The molecule has 3 heteroatoms. The summed E-state index contributed by atoms with van der Waals surface area (Å²) in [5.41, 5.74) is 6.70. The molecule has 1 atom stereocenters. The van der Waals surface area contributed by atoms with Crippen LogP contribution in [-0.4, -0.2) is 11.4 Å². The van der Waals surface area contributed by atoms with Gasteiger partial charge in [0.2, 0.25) is 5.91 Å². The number of nitrogens with two attached hydrogens (primary N) is 1. The first-order valence-corrected chi connectivity index (χ1v) is 4.85. The van der Waals surface area contributed by atoms with Gasteiger partial charge in [0, 0.05) is 5.57 Å². The molecule has 0 aromatic rings. The lowest BCUT2D eigenvalue weighted by molar-refractivity contribution is -0.115. The van der Waals surface area contributed by atoms with Crippen LogP contribution in [0.1, 0.15) is 27.7 Å². The van der Waals surface area contributed by atoms with E-state index in [2.05, 4.69) is 19.2 Å². The summed E-state index contributed by atoms with van der Waals surface area (Å²) in [4.78, 5) is 11.4. The quantitative estimate of drug-likeness (QED) is 0.696. The number of primary amides is 1. The highest BCUT2D eigenvalue weighted by molar-refractivity contribution is 5.96. The number of allylic oxidation sites excluding steroid dienone is 2. The summed E-state index contributed by atoms with van der Waals surface area (Å²) in [7, 11) is 0. The number of hydrogen-bond acceptors (Lipinski definition) is 2. The fraction of sp³-hybridized carbons (Fsp3) is 0.545. The zero-order chi connectivity index (χ0) is 10.9. The number of hydrogen-bond donors (Lipinski definition) is 2. The highest BCUT2D eigenvalue weighted by Crippen LogP contribution is 2.30. The van der Waals surface area contributed by atoms with Gasteiger partial charge in [0.1, 0.15) is 0 Å². The monoisotopic (exact) mass is 194 g/mol. The fourth-order valence-electron chi connectivity index (χ4n) is 1.81. The van der Waals surface area contributed by atoms with E-state index in [4.69, 9.17) is 5.73 Å². The summed E-state index contributed by atoms with van der Waals surface area (Å²) >= 11 is 0. The second-order valence-electron chi connectivity index (χ2n) is 4.26. The number of rotatable bonds is 2. The molecule has 1 unspecified atom stereocenters. The van der Waals surface area contributed by atoms with Crippen molar-refractivity contribution < 1.29 is 4.79 Å². The molecule has 0 saturated heterocycles. The largest absolute Gasteiger partial charge is 0.381 e. The molecule has 0 aromatic heterocycles. The van der Waals surface area contributed by atoms with E-state index in [1.54, 1.807) is 0 Å². The summed E-state index contributed by atoms with van der Waals surface area (Å²) in [6.07, 6.45) is 3.76. The van der Waals surface area contributed by atoms with Gasteiger partial charge in [-0.2, -0.15) is 0 Å². The van der Waals surface area contributed by atoms with E-state index in [-0.39, 0.29) is 11.4 Å². The molecular weight excluding hydrogens is 176 g/mol. The van der Waals surface area contributed by atoms with Crippen LogP contribution in [0.2, 0.25) is 0 Å². The average molecular weight is 194 g/mol. The Kier molecular flexibility index (Phi) is 2.69. The Morgan fingerprint density at radius 3 is 2.50 bits per heavy atom. The number of carbonyl (C=O) groups is 1. The van der Waals surface area contributed by atoms with Gasteiger partial charge in [-0.15, -0.1) is 0 Å². The topological polar surface area (TPSA) is 55.1 Å². The summed E-state index contributed by atoms with van der Waals surface area (Å²) in [6, 6.07) is 0. The molecule has 0 spiro atoms. The zero-order valence-corrected chi connectivity index (χ0v) is 9.22. The lowest BCUT2D eigenvalue weighted by Gasteiger charge is -2.38. The van der Waals surface area contributed by atoms with Gasteiger partial charge in [-0.3, -0.25) is 4.79 Å². The summed E-state index contributed by atoms with van der Waals surface area (Å²) in [5, 5.41) is 3.22. The van der Waals surface area contributed by atoms with E-state index in [0.29, 0.717) is 11.5 Å². The predicted octanol–water partition coefficient (Wildman–Crippen LogP) is 1.32. The van der Waals surface area contributed by atoms with E-state index in [1.165, 1.54) is 0 Å². The maximum absolute atomic E-state index is 11.4. The van der Waals surface area contributed by atoms with Gasteiger partial charge in [0.25, 0.3) is 0 Å². The van der Waals surface area contributed by atoms with Crippen molar-refractivity contribution in [2.75, 3.05) is 0 Å². The van der Waals surface area contributed by atoms with Crippen LogP contribution in [0.5, 0.6) is 0 Å². The first-order chi connectivity index (χ1) is 6.39. The van der Waals surface area contributed by atoms with Gasteiger partial charge in [-0.1, -0.05) is 13.8 Å². The number of carbonyl (C=O) groups excluding carboxylic acids is 1. The van der Waals surface area contributed by atoms with Gasteiger partial charge in [-0.25, -0.2) is 0 Å². The molecule has 14 heavy (non-hydrogen) atoms. The van der Waals surface area contributed by atoms with Crippen molar-refractivity contribution >= 4 is 5.91 Å². The molecule has 0 bridgehead atoms. The van der Waals surface area contributed by atoms with E-state index in [1.807, 2.05) is 26.1 Å². The summed E-state index contributed by atoms with van der Waals surface area (Å²) < 4.78 is 0. The SMILES string of the molecule is CC1=C(C(N)=O)C(C)(C(C)C)NC=C1. The van der Waals surface area contributed by atoms with Gasteiger partial charge in [0.15, 0.2) is 0 Å². The van der Waals surface area contributed by atoms with Crippen LogP contribution in [-0.2, 0) is 4.79 Å². The van der Waals surface area contributed by atoms with Gasteiger partial charge < -0.3 is 11.1 Å². The number of nitrogens with one attached hydrogen (secondary N) is 1. The molecular formula is C11H18N2O. The molecule has 0 aliphatic carbocycles. The Labute approximate surface area is 85.1 Å². The van der Waals surface area contributed by atoms with Gasteiger partial charge in [-0.05, 0) is 37.6 Å². The first-order valence-electron chi connectivity index (χ1n) is 4.85. The Balaban J connectivity index is 3.24. The minimum atomic E-state index is -0.343. The van der Waals surface area contributed by atoms with E-state index < -0.39 is 0 Å². The van der Waals surface area contributed by atoms with Crippen LogP contribution < -0.4 is 11.1 Å². The molecule has 0 saturated carbocycles. The number of amides is 1. The minimum Gasteiger partial charge on any atom is -0.381 e. The molecule has 3 nitrogen and oxygen atoms in total. The highest BCUT2D eigenvalue weighted by Gasteiger charge is 2.37. The molecule has 1 amide bonds. The Morgan fingerprint density at radius 1 is 1.57 bits per heavy atom. The molecule has 0 aromatic carbocycles. The normalized spacial score (nSPS) is 26.6. The van der Waals surface area contributed by atoms with Crippen molar-refractivity contribution in [2.45, 2.75) is 33.2 Å². The third kappa shape index (κ3) is 1.54. The van der Waals surface area contributed by atoms with Crippen molar-refractivity contribution in [3.8, 4) is 0 Å². The summed E-state index contributed by atoms with van der Waals surface area (Å²) in [5.74, 6) is -0.0274. The second-order valence-corrected chi connectivity index (χ2v) is 4.26. The molecule has 1 aliphatic rings. The molecule has 0 radical (unpaired) electrons. The molecule has 78 valence electrons. The molecule has 1 rings (SSSR count). The Morgan fingerprint density at radius 2 is 2.14 bits per heavy atom. The Hall–Kier alpha value is -1.25. The molecule has 1 aliphatic heterocycles. The van der Waals surface area contributed by atoms with E-state index in [0.717, 1.165) is 5.57 Å². The van der Waals surface area contributed by atoms with Crippen molar-refractivity contribution in [2.24, 2.45) is 11.7 Å². The maximum atomic E-state index is 11.4. The van der Waals surface area contributed by atoms with Crippen LogP contribution in [0.3, 0.4) is 0 Å². The smallest absolute Gasteiger partial charge is 0.247 e. The van der Waals surface area contributed by atoms with Gasteiger partial charge >= 0.3 is 0 Å². The molecule has 0 fully saturated rings. The van der Waals surface area contributed by atoms with E-state index >= 15 is 0 Å². The van der Waals surface area contributed by atoms with Crippen molar-refractivity contribution in [3.05, 3.63) is 23.4 Å². The predicted molar refractivity (Wildman–Crippen MR) is 57.4 cm³/mol. The minimum absolute atomic E-state index is 0.310. The van der Waals surface area contributed by atoms with E-state index in [9.17, 15) is 4.79 Å².